The number of nitrogens with one attached hydrogen (secondary N) is 1. The second-order valence-electron chi connectivity index (χ2n) is 11.6. The van der Waals surface area contributed by atoms with Crippen LogP contribution < -0.4 is 19.7 Å². The van der Waals surface area contributed by atoms with Gasteiger partial charge in [0, 0.05) is 48.5 Å². The van der Waals surface area contributed by atoms with Gasteiger partial charge < -0.3 is 19.7 Å². The third-order valence-electron chi connectivity index (χ3n) is 7.99. The van der Waals surface area contributed by atoms with Crippen LogP contribution in [0.5, 0.6) is 11.5 Å². The summed E-state index contributed by atoms with van der Waals surface area (Å²) in [5, 5.41) is 3.48. The van der Waals surface area contributed by atoms with E-state index in [-0.39, 0.29) is 17.7 Å². The van der Waals surface area contributed by atoms with E-state index in [0.29, 0.717) is 36.1 Å². The maximum atomic E-state index is 12.3. The number of hydrogen-bond donors (Lipinski definition) is 1. The van der Waals surface area contributed by atoms with E-state index in [1.54, 1.807) is 19.5 Å². The quantitative estimate of drug-likeness (QED) is 0.186. The van der Waals surface area contributed by atoms with Crippen molar-refractivity contribution in [2.75, 3.05) is 29.9 Å². The molecule has 1 N–H and O–H groups in total. The topological polar surface area (TPSA) is 101 Å². The molecule has 0 spiro atoms. The Morgan fingerprint density at radius 3 is 2.98 bits per heavy atom. The van der Waals surface area contributed by atoms with Gasteiger partial charge in [-0.1, -0.05) is 23.6 Å². The molecule has 0 aliphatic carbocycles. The number of nitrogens with zero attached hydrogens (tertiary/aromatic N) is 5. The third kappa shape index (κ3) is 7.09. The average Bonchev–Trinajstić information content (AvgIpc) is 3.40. The summed E-state index contributed by atoms with van der Waals surface area (Å²) in [6.45, 7) is 9.57. The van der Waals surface area contributed by atoms with Crippen LogP contribution in [0.3, 0.4) is 0 Å². The molecule has 1 unspecified atom stereocenters. The summed E-state index contributed by atoms with van der Waals surface area (Å²) in [7, 11) is 0. The predicted molar refractivity (Wildman–Crippen MR) is 184 cm³/mol. The van der Waals surface area contributed by atoms with Gasteiger partial charge in [0.2, 0.25) is 5.78 Å². The molecule has 232 valence electrons. The first-order valence-corrected chi connectivity index (χ1v) is 15.4. The van der Waals surface area contributed by atoms with Crippen molar-refractivity contribution >= 4 is 41.3 Å². The van der Waals surface area contributed by atoms with Crippen LogP contribution in [0, 0.1) is 24.7 Å². The lowest BCUT2D eigenvalue weighted by molar-refractivity contribution is -0.113. The van der Waals surface area contributed by atoms with E-state index in [9.17, 15) is 4.79 Å². The van der Waals surface area contributed by atoms with Crippen LogP contribution in [-0.4, -0.2) is 54.4 Å². The van der Waals surface area contributed by atoms with Crippen molar-refractivity contribution in [3.63, 3.8) is 0 Å². The molecule has 0 fully saturated rings. The molecule has 9 heteroatoms. The molecule has 0 saturated heterocycles. The zero-order valence-corrected chi connectivity index (χ0v) is 26.5. The lowest BCUT2D eigenvalue weighted by atomic mass is 9.95. The molecule has 2 atom stereocenters. The van der Waals surface area contributed by atoms with Crippen molar-refractivity contribution in [1.29, 1.82) is 0 Å². The van der Waals surface area contributed by atoms with Crippen LogP contribution in [0.15, 0.2) is 86.8 Å². The van der Waals surface area contributed by atoms with Gasteiger partial charge in [-0.2, -0.15) is 0 Å². The van der Waals surface area contributed by atoms with E-state index in [0.717, 1.165) is 59.2 Å². The molecule has 1 aromatic carbocycles. The predicted octanol–water partition coefficient (Wildman–Crippen LogP) is 6.23. The van der Waals surface area contributed by atoms with Gasteiger partial charge in [-0.05, 0) is 82.0 Å². The third-order valence-corrected chi connectivity index (χ3v) is 7.99. The highest BCUT2D eigenvalue weighted by molar-refractivity contribution is 6.10. The number of aliphatic imine (C=N–C) groups is 3. The normalized spacial score (nSPS) is 19.8. The zero-order valence-electron chi connectivity index (χ0n) is 26.5. The number of fused-ring (bicyclic) bond motifs is 5. The molecule has 0 amide bonds. The van der Waals surface area contributed by atoms with Gasteiger partial charge in [-0.3, -0.25) is 9.79 Å². The number of Topliss-reactive ketones (excluding diaryl/α,β-unsaturated/α-hetero) is 1. The number of ether oxygens (including phenoxy) is 2. The Morgan fingerprint density at radius 1 is 1.24 bits per heavy atom. The largest absolute Gasteiger partial charge is 0.489 e. The smallest absolute Gasteiger partial charge is 0.209 e. The van der Waals surface area contributed by atoms with E-state index in [1.165, 1.54) is 0 Å². The number of aryl methyl sites for hydroxylation is 1. The van der Waals surface area contributed by atoms with Gasteiger partial charge in [0.25, 0.3) is 0 Å². The van der Waals surface area contributed by atoms with Crippen LogP contribution >= 0.6 is 0 Å². The summed E-state index contributed by atoms with van der Waals surface area (Å²) in [5.41, 5.74) is 8.38. The van der Waals surface area contributed by atoms with Gasteiger partial charge in [0.15, 0.2) is 17.4 Å². The molecule has 0 saturated carbocycles. The highest BCUT2D eigenvalue weighted by atomic mass is 16.5. The summed E-state index contributed by atoms with van der Waals surface area (Å²) in [6.07, 6.45) is 14.2. The molecule has 6 rings (SSSR count). The Bertz CT molecular complexity index is 1880. The molecule has 2 bridgehead atoms. The molecule has 4 aliphatic rings. The number of amidine groups is 1. The van der Waals surface area contributed by atoms with E-state index in [1.807, 2.05) is 69.3 Å². The highest BCUT2D eigenvalue weighted by Crippen LogP contribution is 2.37. The van der Waals surface area contributed by atoms with Crippen molar-refractivity contribution < 1.29 is 14.3 Å². The number of rotatable bonds is 5. The lowest BCUT2D eigenvalue weighted by Crippen LogP contribution is -2.31. The summed E-state index contributed by atoms with van der Waals surface area (Å²) in [4.78, 5) is 33.1. The molecular formula is C37H36N6O3. The van der Waals surface area contributed by atoms with Gasteiger partial charge >= 0.3 is 0 Å². The molecule has 46 heavy (non-hydrogen) atoms. The van der Waals surface area contributed by atoms with E-state index in [4.69, 9.17) is 14.5 Å². The van der Waals surface area contributed by atoms with Gasteiger partial charge in [-0.15, -0.1) is 5.73 Å². The molecule has 2 aromatic rings. The fraction of sp³-hybridized carbons (Fsp3) is 0.297. The second-order valence-corrected chi connectivity index (χ2v) is 11.6. The Kier molecular flexibility index (Phi) is 9.09. The number of carbonyl (C=O) groups excluding carboxylic acids is 1. The molecule has 5 heterocycles. The van der Waals surface area contributed by atoms with Crippen LogP contribution in [-0.2, 0) is 4.79 Å². The van der Waals surface area contributed by atoms with Crippen LogP contribution in [0.25, 0.3) is 6.08 Å². The van der Waals surface area contributed by atoms with E-state index in [2.05, 4.69) is 48.8 Å². The van der Waals surface area contributed by atoms with Crippen molar-refractivity contribution in [1.82, 2.24) is 4.98 Å². The Labute approximate surface area is 269 Å². The zero-order chi connectivity index (χ0) is 32.0. The average molecular weight is 613 g/mol. The Hall–Kier alpha value is -5.45. The molecule has 9 nitrogen and oxygen atoms in total. The van der Waals surface area contributed by atoms with E-state index >= 15 is 0 Å². The van der Waals surface area contributed by atoms with Crippen LogP contribution in [0.4, 0.5) is 11.5 Å². The van der Waals surface area contributed by atoms with Gasteiger partial charge in [0.1, 0.15) is 23.5 Å². The minimum absolute atomic E-state index is 0.00251. The Balaban J connectivity index is 1.23. The summed E-state index contributed by atoms with van der Waals surface area (Å²) in [6, 6.07) is 7.93. The monoisotopic (exact) mass is 612 g/mol. The molecule has 0 radical (unpaired) electrons. The van der Waals surface area contributed by atoms with Crippen LogP contribution in [0.2, 0.25) is 0 Å². The fourth-order valence-corrected chi connectivity index (χ4v) is 5.66. The minimum atomic E-state index is -0.0639. The first kappa shape index (κ1) is 30.6. The van der Waals surface area contributed by atoms with Crippen molar-refractivity contribution in [2.45, 2.75) is 46.6 Å². The van der Waals surface area contributed by atoms with Crippen molar-refractivity contribution in [3.05, 3.63) is 88.7 Å². The number of allylic oxidation sites excluding steroid dienone is 2. The molecule has 4 aliphatic heterocycles. The number of ketones is 1. The van der Waals surface area contributed by atoms with Gasteiger partial charge in [0.05, 0.1) is 18.8 Å². The number of carbonyl (C=O) groups is 1. The molecule has 1 aromatic heterocycles. The first-order chi connectivity index (χ1) is 22.4. The summed E-state index contributed by atoms with van der Waals surface area (Å²) < 4.78 is 12.6. The van der Waals surface area contributed by atoms with Gasteiger partial charge in [-0.25, -0.2) is 15.0 Å². The maximum Gasteiger partial charge on any atom is 0.209 e. The first-order valence-electron chi connectivity index (χ1n) is 15.4. The standard InChI is InChI=1S/C37H36N6O3/c1-5-8-31(44)19-27-10-7-16-43-21-29(27)22-45-34-20-28-9-6-15-38-36(35(28)42-37(34)43)41-30-12-14-33(24(2)17-30)46-32-13-11-25(3)39-23-40-26(4)18-32/h9-15,17-18,20,23,25,29H,7,16,19,21-22H2,1-4H3,(H,38,41)/t25?,29-/m0/s1. The number of pyridine rings is 1. The number of benzene rings is 1. The van der Waals surface area contributed by atoms with Crippen molar-refractivity contribution in [2.24, 2.45) is 20.9 Å². The highest BCUT2D eigenvalue weighted by Gasteiger charge is 2.30. The maximum absolute atomic E-state index is 12.3. The number of anilines is 2. The lowest BCUT2D eigenvalue weighted by Gasteiger charge is -2.24. The molecular weight excluding hydrogens is 576 g/mol. The fourth-order valence-electron chi connectivity index (χ4n) is 5.66. The second kappa shape index (κ2) is 13.7. The number of hydrogen-bond acceptors (Lipinski definition) is 9. The van der Waals surface area contributed by atoms with E-state index < -0.39 is 0 Å². The SMILES string of the molecule is CC#CC(=O)CC1=CCCN2C[C@H]1COc1cc3c(nc12)C(Nc1ccc(OC2=CC(C)=NC=NC(C)C=C2)c(C)c1)=NC=C=C3. The van der Waals surface area contributed by atoms with Crippen molar-refractivity contribution in [3.8, 4) is 23.3 Å². The minimum Gasteiger partial charge on any atom is -0.489 e. The summed E-state index contributed by atoms with van der Waals surface area (Å²) >= 11 is 0. The van der Waals surface area contributed by atoms with Crippen LogP contribution in [0.1, 0.15) is 50.4 Å². The Morgan fingerprint density at radius 2 is 2.13 bits per heavy atom. The number of aromatic nitrogens is 1. The summed E-state index contributed by atoms with van der Waals surface area (Å²) in [5.74, 6) is 8.92.